The van der Waals surface area contributed by atoms with Crippen LogP contribution in [0.1, 0.15) is 16.1 Å². The molecule has 0 aliphatic rings. The third kappa shape index (κ3) is 3.03. The zero-order valence-electron chi connectivity index (χ0n) is 14.3. The number of carbonyl (C=O) groups is 1. The summed E-state index contributed by atoms with van der Waals surface area (Å²) >= 11 is 0. The van der Waals surface area contributed by atoms with Gasteiger partial charge in [0.25, 0.3) is 5.56 Å². The molecule has 8 nitrogen and oxygen atoms in total. The smallest absolute Gasteiger partial charge is 0.349 e. The molecule has 0 aliphatic heterocycles. The minimum absolute atomic E-state index is 0.0996. The number of fused-ring (bicyclic) bond motifs is 1. The van der Waals surface area contributed by atoms with E-state index in [1.54, 1.807) is 54.6 Å². The van der Waals surface area contributed by atoms with Crippen molar-refractivity contribution < 1.29 is 14.3 Å². The Bertz CT molecular complexity index is 1340. The molecule has 8 heteroatoms. The maximum absolute atomic E-state index is 12.5. The molecule has 0 atom stereocenters. The molecule has 138 valence electrons. The quantitative estimate of drug-likeness (QED) is 0.532. The number of carboxylic acids is 1. The van der Waals surface area contributed by atoms with Gasteiger partial charge in [0, 0.05) is 5.56 Å². The second-order valence-corrected chi connectivity index (χ2v) is 5.89. The fourth-order valence-electron chi connectivity index (χ4n) is 2.82. The summed E-state index contributed by atoms with van der Waals surface area (Å²) in [4.78, 5) is 38.5. The van der Waals surface area contributed by atoms with Crippen LogP contribution in [-0.4, -0.2) is 27.0 Å². The van der Waals surface area contributed by atoms with E-state index >= 15 is 0 Å². The summed E-state index contributed by atoms with van der Waals surface area (Å²) in [5.74, 6) is -0.481. The van der Waals surface area contributed by atoms with Crippen LogP contribution in [0.2, 0.25) is 0 Å². The number of rotatable bonds is 4. The number of nitrogens with one attached hydrogen (secondary N) is 1. The van der Waals surface area contributed by atoms with E-state index in [0.29, 0.717) is 26.9 Å². The van der Waals surface area contributed by atoms with E-state index in [0.717, 1.165) is 0 Å². The second kappa shape index (κ2) is 6.84. The number of para-hydroxylation sites is 1. The van der Waals surface area contributed by atoms with Gasteiger partial charge in [0.05, 0.1) is 22.7 Å². The van der Waals surface area contributed by atoms with Crippen LogP contribution in [0.5, 0.6) is 0 Å². The molecule has 28 heavy (non-hydrogen) atoms. The van der Waals surface area contributed by atoms with Crippen LogP contribution in [0.3, 0.4) is 0 Å². The van der Waals surface area contributed by atoms with Crippen LogP contribution < -0.4 is 11.2 Å². The van der Waals surface area contributed by atoms with Gasteiger partial charge >= 0.3 is 11.7 Å². The summed E-state index contributed by atoms with van der Waals surface area (Å²) in [7, 11) is 0. The fourth-order valence-corrected chi connectivity index (χ4v) is 2.82. The van der Waals surface area contributed by atoms with E-state index in [-0.39, 0.29) is 11.3 Å². The van der Waals surface area contributed by atoms with Gasteiger partial charge in [-0.25, -0.2) is 9.59 Å². The van der Waals surface area contributed by atoms with Gasteiger partial charge in [-0.3, -0.25) is 4.79 Å². The maximum Gasteiger partial charge on any atom is 0.349 e. The maximum atomic E-state index is 12.5. The van der Waals surface area contributed by atoms with Crippen LogP contribution in [0.25, 0.3) is 22.2 Å². The van der Waals surface area contributed by atoms with Crippen LogP contribution >= 0.6 is 0 Å². The number of aromatic amines is 1. The highest BCUT2D eigenvalue weighted by molar-refractivity contribution is 5.95. The first-order valence-electron chi connectivity index (χ1n) is 8.25. The van der Waals surface area contributed by atoms with Crippen molar-refractivity contribution in [3.8, 4) is 11.3 Å². The standard InChI is InChI=1S/C20H13N3O5/c24-18-15-7-3-4-8-16(15)22-20(27)23(18)21-11-12-9-10-17(28-12)13-5-1-2-6-14(13)19(25)26/h1-11H,(H,22,27)(H,25,26). The number of H-pyrrole nitrogens is 1. The summed E-state index contributed by atoms with van der Waals surface area (Å²) < 4.78 is 6.31. The lowest BCUT2D eigenvalue weighted by molar-refractivity contribution is 0.0697. The van der Waals surface area contributed by atoms with Crippen molar-refractivity contribution in [2.24, 2.45) is 5.10 Å². The minimum Gasteiger partial charge on any atom is -0.478 e. The number of hydrogen-bond acceptors (Lipinski definition) is 5. The van der Waals surface area contributed by atoms with E-state index in [1.807, 2.05) is 0 Å². The monoisotopic (exact) mass is 375 g/mol. The third-order valence-electron chi connectivity index (χ3n) is 4.13. The zero-order valence-corrected chi connectivity index (χ0v) is 14.3. The number of furan rings is 1. The lowest BCUT2D eigenvalue weighted by Gasteiger charge is -2.02. The van der Waals surface area contributed by atoms with Gasteiger partial charge < -0.3 is 14.5 Å². The van der Waals surface area contributed by atoms with Gasteiger partial charge in [-0.05, 0) is 30.3 Å². The Balaban J connectivity index is 1.72. The summed E-state index contributed by atoms with van der Waals surface area (Å²) in [6.07, 6.45) is 1.22. The van der Waals surface area contributed by atoms with Crippen molar-refractivity contribution in [3.05, 3.63) is 92.8 Å². The minimum atomic E-state index is -1.07. The Morgan fingerprint density at radius 1 is 1.04 bits per heavy atom. The summed E-state index contributed by atoms with van der Waals surface area (Å²) in [5.41, 5.74) is -0.297. The van der Waals surface area contributed by atoms with Crippen molar-refractivity contribution in [1.82, 2.24) is 9.66 Å². The van der Waals surface area contributed by atoms with Crippen LogP contribution in [0.15, 0.2) is 79.8 Å². The number of aromatic nitrogens is 2. The van der Waals surface area contributed by atoms with Crippen LogP contribution in [-0.2, 0) is 0 Å². The Morgan fingerprint density at radius 3 is 2.61 bits per heavy atom. The van der Waals surface area contributed by atoms with E-state index in [2.05, 4.69) is 10.1 Å². The zero-order chi connectivity index (χ0) is 19.7. The number of hydrogen-bond donors (Lipinski definition) is 2. The molecule has 0 aliphatic carbocycles. The summed E-state index contributed by atoms with van der Waals surface area (Å²) in [6, 6.07) is 16.2. The normalized spacial score (nSPS) is 11.3. The van der Waals surface area contributed by atoms with E-state index in [1.165, 1.54) is 12.3 Å². The predicted molar refractivity (Wildman–Crippen MR) is 103 cm³/mol. The Labute approximate surface area is 157 Å². The number of nitrogens with zero attached hydrogens (tertiary/aromatic N) is 2. The molecule has 0 amide bonds. The average Bonchev–Trinajstić information content (AvgIpc) is 3.16. The molecule has 2 aromatic heterocycles. The summed E-state index contributed by atoms with van der Waals surface area (Å²) in [6.45, 7) is 0. The van der Waals surface area contributed by atoms with Crippen LogP contribution in [0.4, 0.5) is 0 Å². The van der Waals surface area contributed by atoms with Crippen molar-refractivity contribution in [2.45, 2.75) is 0 Å². The summed E-state index contributed by atoms with van der Waals surface area (Å²) in [5, 5.41) is 13.5. The number of benzene rings is 2. The highest BCUT2D eigenvalue weighted by Crippen LogP contribution is 2.25. The van der Waals surface area contributed by atoms with Crippen molar-refractivity contribution in [2.75, 3.05) is 0 Å². The molecular weight excluding hydrogens is 362 g/mol. The molecule has 4 rings (SSSR count). The highest BCUT2D eigenvalue weighted by atomic mass is 16.4. The molecule has 0 fully saturated rings. The van der Waals surface area contributed by atoms with Gasteiger partial charge in [0.15, 0.2) is 0 Å². The van der Waals surface area contributed by atoms with Gasteiger partial charge in [0.1, 0.15) is 11.5 Å². The topological polar surface area (TPSA) is 118 Å². The first-order valence-corrected chi connectivity index (χ1v) is 8.25. The lowest BCUT2D eigenvalue weighted by Crippen LogP contribution is -2.32. The van der Waals surface area contributed by atoms with Gasteiger partial charge in [-0.2, -0.15) is 5.10 Å². The molecule has 0 saturated carbocycles. The molecule has 0 saturated heterocycles. The van der Waals surface area contributed by atoms with E-state index in [9.17, 15) is 19.5 Å². The molecule has 0 radical (unpaired) electrons. The van der Waals surface area contributed by atoms with Crippen LogP contribution in [0, 0.1) is 0 Å². The van der Waals surface area contributed by atoms with Gasteiger partial charge in [0.2, 0.25) is 0 Å². The third-order valence-corrected chi connectivity index (χ3v) is 4.13. The van der Waals surface area contributed by atoms with E-state index in [4.69, 9.17) is 4.42 Å². The molecule has 2 aromatic carbocycles. The van der Waals surface area contributed by atoms with Crippen molar-refractivity contribution in [1.29, 1.82) is 0 Å². The van der Waals surface area contributed by atoms with Gasteiger partial charge in [-0.1, -0.05) is 30.3 Å². The molecular formula is C20H13N3O5. The second-order valence-electron chi connectivity index (χ2n) is 5.89. The van der Waals surface area contributed by atoms with Gasteiger partial charge in [-0.15, -0.1) is 4.68 Å². The molecule has 2 N–H and O–H groups in total. The fraction of sp³-hybridized carbons (Fsp3) is 0. The van der Waals surface area contributed by atoms with Crippen molar-refractivity contribution >= 4 is 23.1 Å². The first-order chi connectivity index (χ1) is 13.5. The Hall–Kier alpha value is -4.20. The average molecular weight is 375 g/mol. The first kappa shape index (κ1) is 17.2. The predicted octanol–water partition coefficient (Wildman–Crippen LogP) is 2.53. The number of aromatic carboxylic acids is 1. The largest absolute Gasteiger partial charge is 0.478 e. The van der Waals surface area contributed by atoms with Crippen molar-refractivity contribution in [3.63, 3.8) is 0 Å². The van der Waals surface area contributed by atoms with E-state index < -0.39 is 17.2 Å². The molecule has 4 aromatic rings. The molecule has 2 heterocycles. The SMILES string of the molecule is O=C(O)c1ccccc1-c1ccc(C=Nn2c(=O)[nH]c3ccccc3c2=O)o1. The highest BCUT2D eigenvalue weighted by Gasteiger charge is 2.13. The molecule has 0 bridgehead atoms. The number of carboxylic acid groups (broad SMARTS) is 1. The Morgan fingerprint density at radius 2 is 1.79 bits per heavy atom. The Kier molecular flexibility index (Phi) is 4.21. The molecule has 0 unspecified atom stereocenters. The molecule has 0 spiro atoms. The lowest BCUT2D eigenvalue weighted by atomic mass is 10.1.